The number of nitrogens with zero attached hydrogens (tertiary/aromatic N) is 3. The minimum atomic E-state index is -1.63. The molecule has 4 amide bonds. The summed E-state index contributed by atoms with van der Waals surface area (Å²) in [5.74, 6) is -1.36. The van der Waals surface area contributed by atoms with Crippen LogP contribution in [0.1, 0.15) is 44.1 Å². The van der Waals surface area contributed by atoms with Crippen LogP contribution in [-0.4, -0.2) is 60.4 Å². The van der Waals surface area contributed by atoms with E-state index in [0.717, 1.165) is 30.7 Å². The number of hydrogen-bond donors (Lipinski definition) is 1. The van der Waals surface area contributed by atoms with Gasteiger partial charge in [0.15, 0.2) is 0 Å². The fourth-order valence-electron chi connectivity index (χ4n) is 5.22. The molecule has 2 heterocycles. The predicted octanol–water partition coefficient (Wildman–Crippen LogP) is 2.05. The molecule has 1 aromatic rings. The molecule has 155 valence electrons. The number of anilines is 1. The van der Waals surface area contributed by atoms with Crippen LogP contribution < -0.4 is 10.6 Å². The second-order valence-electron chi connectivity index (χ2n) is 8.79. The summed E-state index contributed by atoms with van der Waals surface area (Å²) in [6.07, 6.45) is 7.92. The van der Waals surface area contributed by atoms with Gasteiger partial charge < -0.3 is 15.5 Å². The van der Waals surface area contributed by atoms with E-state index in [4.69, 9.17) is 5.73 Å². The number of urea groups is 1. The molecule has 1 saturated carbocycles. The molecule has 2 N–H and O–H groups in total. The number of amides is 4. The van der Waals surface area contributed by atoms with Gasteiger partial charge in [-0.2, -0.15) is 0 Å². The summed E-state index contributed by atoms with van der Waals surface area (Å²) >= 11 is 0. The Morgan fingerprint density at radius 2 is 1.79 bits per heavy atom. The largest absolute Gasteiger partial charge is 0.367 e. The minimum absolute atomic E-state index is 0.157. The fourth-order valence-corrected chi connectivity index (χ4v) is 5.22. The Hall–Kier alpha value is -2.41. The first-order valence-corrected chi connectivity index (χ1v) is 10.4. The van der Waals surface area contributed by atoms with Gasteiger partial charge in [-0.15, -0.1) is 0 Å². The monoisotopic (exact) mass is 397 g/mol. The maximum absolute atomic E-state index is 13.1. The molecule has 2 aliphatic heterocycles. The highest BCUT2D eigenvalue weighted by Gasteiger charge is 2.64. The van der Waals surface area contributed by atoms with Crippen LogP contribution in [0.5, 0.6) is 0 Å². The van der Waals surface area contributed by atoms with Gasteiger partial charge in [0.2, 0.25) is 5.54 Å². The number of rotatable bonds is 6. The highest BCUT2D eigenvalue weighted by atomic mass is 16.2. The molecule has 4 rings (SSSR count). The van der Waals surface area contributed by atoms with Crippen molar-refractivity contribution in [2.75, 3.05) is 32.1 Å². The van der Waals surface area contributed by atoms with Crippen LogP contribution in [0.15, 0.2) is 24.3 Å². The van der Waals surface area contributed by atoms with Crippen LogP contribution in [0.2, 0.25) is 0 Å². The van der Waals surface area contributed by atoms with Crippen molar-refractivity contribution in [3.63, 3.8) is 0 Å². The maximum atomic E-state index is 13.1. The Kier molecular flexibility index (Phi) is 4.89. The SMILES string of the molecule is CN(C)CCC1(c2ccc(N3C(=O)N4CC[CH][C@]4(C(N)=O)C3=O)cc2)CCCC1. The Bertz CT molecular complexity index is 829. The highest BCUT2D eigenvalue weighted by molar-refractivity contribution is 6.32. The number of hydrogen-bond acceptors (Lipinski definition) is 4. The number of nitrogens with two attached hydrogens (primary N) is 1. The van der Waals surface area contributed by atoms with Crippen molar-refractivity contribution in [3.8, 4) is 0 Å². The predicted molar refractivity (Wildman–Crippen MR) is 110 cm³/mol. The smallest absolute Gasteiger partial charge is 0.332 e. The van der Waals surface area contributed by atoms with Gasteiger partial charge in [-0.25, -0.2) is 9.69 Å². The van der Waals surface area contributed by atoms with Gasteiger partial charge in [-0.05, 0) is 69.4 Å². The molecule has 1 aliphatic carbocycles. The van der Waals surface area contributed by atoms with Crippen LogP contribution in [0.25, 0.3) is 0 Å². The van der Waals surface area contributed by atoms with Crippen LogP contribution in [0.3, 0.4) is 0 Å². The van der Waals surface area contributed by atoms with E-state index in [0.29, 0.717) is 18.7 Å². The fraction of sp³-hybridized carbons (Fsp3) is 0.545. The molecule has 29 heavy (non-hydrogen) atoms. The molecule has 7 nitrogen and oxygen atoms in total. The molecule has 2 saturated heterocycles. The third kappa shape index (κ3) is 2.94. The lowest BCUT2D eigenvalue weighted by atomic mass is 9.76. The van der Waals surface area contributed by atoms with E-state index >= 15 is 0 Å². The van der Waals surface area contributed by atoms with Gasteiger partial charge in [-0.3, -0.25) is 9.59 Å². The van der Waals surface area contributed by atoms with Crippen molar-refractivity contribution in [1.82, 2.24) is 9.80 Å². The third-order valence-corrected chi connectivity index (χ3v) is 6.88. The Labute approximate surface area is 171 Å². The molecule has 1 aromatic carbocycles. The second kappa shape index (κ2) is 7.13. The summed E-state index contributed by atoms with van der Waals surface area (Å²) in [6.45, 7) is 1.35. The molecule has 1 atom stereocenters. The van der Waals surface area contributed by atoms with E-state index < -0.39 is 23.4 Å². The minimum Gasteiger partial charge on any atom is -0.367 e. The lowest BCUT2D eigenvalue weighted by Crippen LogP contribution is -2.55. The van der Waals surface area contributed by atoms with Crippen LogP contribution in [0, 0.1) is 6.42 Å². The van der Waals surface area contributed by atoms with Gasteiger partial charge >= 0.3 is 6.03 Å². The van der Waals surface area contributed by atoms with Crippen LogP contribution in [-0.2, 0) is 15.0 Å². The molecule has 0 aromatic heterocycles. The summed E-state index contributed by atoms with van der Waals surface area (Å²) in [5.41, 5.74) is 5.81. The zero-order valence-corrected chi connectivity index (χ0v) is 17.2. The Morgan fingerprint density at radius 3 is 2.34 bits per heavy atom. The molecule has 1 radical (unpaired) electrons. The first-order valence-electron chi connectivity index (χ1n) is 10.4. The zero-order chi connectivity index (χ0) is 20.8. The lowest BCUT2D eigenvalue weighted by Gasteiger charge is -2.31. The number of carbonyl (C=O) groups is 3. The molecular formula is C22H29N4O3. The van der Waals surface area contributed by atoms with Crippen molar-refractivity contribution in [2.24, 2.45) is 5.73 Å². The van der Waals surface area contributed by atoms with Crippen LogP contribution >= 0.6 is 0 Å². The first kappa shape index (κ1) is 19.9. The number of primary amides is 1. The third-order valence-electron chi connectivity index (χ3n) is 6.88. The maximum Gasteiger partial charge on any atom is 0.332 e. The number of carbonyl (C=O) groups excluding carboxylic acids is 3. The number of fused-ring (bicyclic) bond motifs is 1. The van der Waals surface area contributed by atoms with E-state index in [2.05, 4.69) is 19.0 Å². The lowest BCUT2D eigenvalue weighted by molar-refractivity contribution is -0.134. The number of imide groups is 1. The van der Waals surface area contributed by atoms with Gasteiger partial charge in [0.25, 0.3) is 11.8 Å². The van der Waals surface area contributed by atoms with Gasteiger partial charge in [0, 0.05) is 13.0 Å². The summed E-state index contributed by atoms with van der Waals surface area (Å²) in [7, 11) is 4.18. The van der Waals surface area contributed by atoms with E-state index in [1.54, 1.807) is 6.42 Å². The first-order chi connectivity index (χ1) is 13.8. The van der Waals surface area contributed by atoms with Gasteiger partial charge in [0.05, 0.1) is 5.69 Å². The topological polar surface area (TPSA) is 86.9 Å². The standard InChI is InChI=1S/C22H29N4O3/c1-24(2)15-13-21(10-3-4-11-21)16-6-8-17(9-7-16)26-19(28)22(18(23)27)12-5-14-25(22)20(26)29/h6-9,12H,3-5,10-11,13-15H2,1-2H3,(H2,23,27)/t22-/m0/s1. The average Bonchev–Trinajstić information content (AvgIpc) is 3.39. The Balaban J connectivity index is 1.62. The van der Waals surface area contributed by atoms with Crippen LogP contribution in [0.4, 0.5) is 10.5 Å². The van der Waals surface area contributed by atoms with Crippen molar-refractivity contribution >= 4 is 23.5 Å². The summed E-state index contributed by atoms with van der Waals surface area (Å²) in [4.78, 5) is 42.6. The van der Waals surface area contributed by atoms with Crippen molar-refractivity contribution < 1.29 is 14.4 Å². The average molecular weight is 397 g/mol. The molecule has 3 aliphatic rings. The quantitative estimate of drug-likeness (QED) is 0.588. The van der Waals surface area contributed by atoms with E-state index in [-0.39, 0.29) is 5.41 Å². The molecular weight excluding hydrogens is 368 g/mol. The Morgan fingerprint density at radius 1 is 1.14 bits per heavy atom. The summed E-state index contributed by atoms with van der Waals surface area (Å²) in [5, 5.41) is 0. The molecule has 0 unspecified atom stereocenters. The summed E-state index contributed by atoms with van der Waals surface area (Å²) in [6, 6.07) is 7.27. The number of benzene rings is 1. The summed E-state index contributed by atoms with van der Waals surface area (Å²) < 4.78 is 0. The second-order valence-corrected chi connectivity index (χ2v) is 8.79. The van der Waals surface area contributed by atoms with E-state index in [1.807, 2.05) is 24.3 Å². The molecule has 0 bridgehead atoms. The highest BCUT2D eigenvalue weighted by Crippen LogP contribution is 2.45. The van der Waals surface area contributed by atoms with Crippen molar-refractivity contribution in [1.29, 1.82) is 0 Å². The molecule has 7 heteroatoms. The molecule has 3 fully saturated rings. The van der Waals surface area contributed by atoms with E-state index in [9.17, 15) is 14.4 Å². The van der Waals surface area contributed by atoms with Crippen molar-refractivity contribution in [2.45, 2.75) is 49.5 Å². The molecule has 0 spiro atoms. The van der Waals surface area contributed by atoms with Gasteiger partial charge in [0.1, 0.15) is 0 Å². The zero-order valence-electron chi connectivity index (χ0n) is 17.2. The van der Waals surface area contributed by atoms with Gasteiger partial charge in [-0.1, -0.05) is 25.0 Å². The van der Waals surface area contributed by atoms with Crippen molar-refractivity contribution in [3.05, 3.63) is 36.2 Å². The van der Waals surface area contributed by atoms with E-state index in [1.165, 1.54) is 23.3 Å². The normalized spacial score (nSPS) is 25.9.